The van der Waals surface area contributed by atoms with Crippen molar-refractivity contribution in [3.05, 3.63) is 33.2 Å². The van der Waals surface area contributed by atoms with Crippen LogP contribution < -0.4 is 10.9 Å². The largest absolute Gasteiger partial charge is 0.479 e. The number of hydrogen-bond donors (Lipinski definition) is 3. The van der Waals surface area contributed by atoms with Crippen LogP contribution in [0, 0.1) is 13.8 Å². The number of thioether (sulfide) groups is 1. The smallest absolute Gasteiger partial charge is 0.330 e. The Morgan fingerprint density at radius 1 is 1.45 bits per heavy atom. The van der Waals surface area contributed by atoms with Gasteiger partial charge in [-0.25, -0.2) is 4.79 Å². The lowest BCUT2D eigenvalue weighted by molar-refractivity contribution is -0.143. The Labute approximate surface area is 120 Å². The van der Waals surface area contributed by atoms with E-state index in [2.05, 4.69) is 10.3 Å². The van der Waals surface area contributed by atoms with Crippen LogP contribution in [0.15, 0.2) is 10.9 Å². The average Bonchev–Trinajstić information content (AvgIpc) is 2.77. The number of amides is 1. The van der Waals surface area contributed by atoms with Gasteiger partial charge in [0, 0.05) is 11.4 Å². The van der Waals surface area contributed by atoms with Crippen molar-refractivity contribution in [3.8, 4) is 0 Å². The summed E-state index contributed by atoms with van der Waals surface area (Å²) in [5.74, 6) is -0.696. The Balaban J connectivity index is 2.33. The van der Waals surface area contributed by atoms with Crippen LogP contribution in [0.25, 0.3) is 0 Å². The fourth-order valence-corrected chi connectivity index (χ4v) is 3.63. The summed E-state index contributed by atoms with van der Waals surface area (Å²) in [5, 5.41) is 11.9. The van der Waals surface area contributed by atoms with Crippen molar-refractivity contribution in [2.24, 2.45) is 0 Å². The number of aromatic nitrogens is 1. The summed E-state index contributed by atoms with van der Waals surface area (Å²) in [7, 11) is 0. The molecule has 1 aromatic rings. The van der Waals surface area contributed by atoms with Crippen LogP contribution in [0.1, 0.15) is 28.0 Å². The molecule has 1 unspecified atom stereocenters. The number of carboxylic acids is 1. The number of aliphatic carboxylic acids is 1. The van der Waals surface area contributed by atoms with Crippen molar-refractivity contribution in [2.45, 2.75) is 25.8 Å². The minimum Gasteiger partial charge on any atom is -0.479 e. The molecule has 7 heteroatoms. The number of rotatable bonds is 3. The quantitative estimate of drug-likeness (QED) is 0.762. The minimum atomic E-state index is -1.27. The van der Waals surface area contributed by atoms with Gasteiger partial charge in [0.2, 0.25) is 0 Å². The van der Waals surface area contributed by atoms with E-state index in [1.54, 1.807) is 19.9 Å². The lowest BCUT2D eigenvalue weighted by atomic mass is 9.98. The molecule has 2 heterocycles. The molecule has 1 fully saturated rings. The zero-order chi connectivity index (χ0) is 14.9. The third-order valence-corrected chi connectivity index (χ3v) is 4.57. The van der Waals surface area contributed by atoms with E-state index >= 15 is 0 Å². The number of aryl methyl sites for hydroxylation is 2. The molecule has 1 amide bonds. The Hall–Kier alpha value is -1.76. The third kappa shape index (κ3) is 2.58. The van der Waals surface area contributed by atoms with Gasteiger partial charge in [0.15, 0.2) is 0 Å². The highest BCUT2D eigenvalue weighted by atomic mass is 32.2. The van der Waals surface area contributed by atoms with Gasteiger partial charge in [-0.3, -0.25) is 9.59 Å². The highest BCUT2D eigenvalue weighted by Crippen LogP contribution is 2.28. The second-order valence-corrected chi connectivity index (χ2v) is 6.09. The van der Waals surface area contributed by atoms with E-state index in [1.807, 2.05) is 0 Å². The Morgan fingerprint density at radius 3 is 2.65 bits per heavy atom. The molecule has 0 saturated carbocycles. The van der Waals surface area contributed by atoms with E-state index in [0.717, 1.165) is 0 Å². The summed E-state index contributed by atoms with van der Waals surface area (Å²) in [5.41, 5.74) is -0.589. The van der Waals surface area contributed by atoms with Gasteiger partial charge in [0.25, 0.3) is 11.5 Å². The number of nitrogens with one attached hydrogen (secondary N) is 2. The Bertz CT molecular complexity index is 617. The summed E-state index contributed by atoms with van der Waals surface area (Å²) in [4.78, 5) is 38.1. The van der Waals surface area contributed by atoms with E-state index < -0.39 is 23.0 Å². The summed E-state index contributed by atoms with van der Waals surface area (Å²) in [6, 6.07) is 1.69. The fraction of sp³-hybridized carbons (Fsp3) is 0.462. The van der Waals surface area contributed by atoms with Crippen molar-refractivity contribution in [1.29, 1.82) is 0 Å². The molecule has 0 aromatic carbocycles. The number of carboxylic acid groups (broad SMARTS) is 1. The molecule has 1 aliphatic rings. The monoisotopic (exact) mass is 296 g/mol. The molecule has 0 aliphatic carbocycles. The molecule has 1 aromatic heterocycles. The third-order valence-electron chi connectivity index (χ3n) is 3.38. The van der Waals surface area contributed by atoms with Gasteiger partial charge in [-0.2, -0.15) is 11.8 Å². The molecule has 0 spiro atoms. The first kappa shape index (κ1) is 14.6. The number of pyridine rings is 1. The van der Waals surface area contributed by atoms with Crippen LogP contribution in [0.2, 0.25) is 0 Å². The van der Waals surface area contributed by atoms with Crippen molar-refractivity contribution < 1.29 is 14.7 Å². The van der Waals surface area contributed by atoms with Crippen molar-refractivity contribution >= 4 is 23.6 Å². The highest BCUT2D eigenvalue weighted by Gasteiger charge is 2.43. The van der Waals surface area contributed by atoms with Gasteiger partial charge in [0.1, 0.15) is 11.1 Å². The predicted octanol–water partition coefficient (Wildman–Crippen LogP) is 0.682. The maximum Gasteiger partial charge on any atom is 0.330 e. The average molecular weight is 296 g/mol. The molecule has 1 saturated heterocycles. The molecule has 6 nitrogen and oxygen atoms in total. The van der Waals surface area contributed by atoms with Gasteiger partial charge in [-0.05, 0) is 37.7 Å². The van der Waals surface area contributed by atoms with Gasteiger partial charge in [-0.1, -0.05) is 0 Å². The molecule has 1 atom stereocenters. The van der Waals surface area contributed by atoms with Crippen molar-refractivity contribution in [3.63, 3.8) is 0 Å². The molecular weight excluding hydrogens is 280 g/mol. The molecule has 20 heavy (non-hydrogen) atoms. The van der Waals surface area contributed by atoms with E-state index in [4.69, 9.17) is 0 Å². The van der Waals surface area contributed by atoms with Gasteiger partial charge < -0.3 is 15.4 Å². The summed E-state index contributed by atoms with van der Waals surface area (Å²) in [6.45, 7) is 3.39. The Kier molecular flexibility index (Phi) is 3.89. The maximum atomic E-state index is 12.3. The van der Waals surface area contributed by atoms with Crippen LogP contribution in [0.3, 0.4) is 0 Å². The van der Waals surface area contributed by atoms with E-state index in [9.17, 15) is 19.5 Å². The van der Waals surface area contributed by atoms with Crippen molar-refractivity contribution in [2.75, 3.05) is 11.5 Å². The molecule has 1 aliphatic heterocycles. The van der Waals surface area contributed by atoms with Crippen LogP contribution in [0.5, 0.6) is 0 Å². The van der Waals surface area contributed by atoms with Gasteiger partial charge in [-0.15, -0.1) is 0 Å². The molecule has 2 rings (SSSR count). The van der Waals surface area contributed by atoms with E-state index in [0.29, 0.717) is 29.2 Å². The summed E-state index contributed by atoms with van der Waals surface area (Å²) < 4.78 is 0. The standard InChI is InChI=1S/C13H16N2O4S/c1-7-5-8(2)14-10(16)9(7)11(17)15-13(12(18)19)3-4-20-6-13/h5H,3-4,6H2,1-2H3,(H,14,16)(H,15,17)(H,18,19). The topological polar surface area (TPSA) is 99.3 Å². The van der Waals surface area contributed by atoms with Gasteiger partial charge in [0.05, 0.1) is 0 Å². The van der Waals surface area contributed by atoms with Crippen LogP contribution >= 0.6 is 11.8 Å². The first-order valence-corrected chi connectivity index (χ1v) is 7.35. The summed E-state index contributed by atoms with van der Waals surface area (Å²) >= 11 is 1.48. The molecule has 3 N–H and O–H groups in total. The summed E-state index contributed by atoms with van der Waals surface area (Å²) in [6.07, 6.45) is 0.363. The number of hydrogen-bond acceptors (Lipinski definition) is 4. The lowest BCUT2D eigenvalue weighted by Gasteiger charge is -2.24. The maximum absolute atomic E-state index is 12.3. The van der Waals surface area contributed by atoms with Crippen LogP contribution in [-0.4, -0.2) is 39.0 Å². The first-order valence-electron chi connectivity index (χ1n) is 6.20. The lowest BCUT2D eigenvalue weighted by Crippen LogP contribution is -2.55. The van der Waals surface area contributed by atoms with E-state index in [1.165, 1.54) is 11.8 Å². The van der Waals surface area contributed by atoms with Crippen LogP contribution in [-0.2, 0) is 4.79 Å². The highest BCUT2D eigenvalue weighted by molar-refractivity contribution is 7.99. The number of carbonyl (C=O) groups excluding carboxylic acids is 1. The van der Waals surface area contributed by atoms with Gasteiger partial charge >= 0.3 is 5.97 Å². The number of carbonyl (C=O) groups is 2. The zero-order valence-corrected chi connectivity index (χ0v) is 12.1. The molecule has 108 valence electrons. The fourth-order valence-electron chi connectivity index (χ4n) is 2.30. The SMILES string of the molecule is Cc1cc(C)c(C(=O)NC2(C(=O)O)CCSC2)c(=O)[nH]1. The second kappa shape index (κ2) is 5.32. The second-order valence-electron chi connectivity index (χ2n) is 4.98. The molecule has 0 bridgehead atoms. The normalized spacial score (nSPS) is 21.7. The number of aromatic amines is 1. The van der Waals surface area contributed by atoms with Crippen LogP contribution in [0.4, 0.5) is 0 Å². The van der Waals surface area contributed by atoms with E-state index in [-0.39, 0.29) is 5.56 Å². The first-order chi connectivity index (χ1) is 9.35. The van der Waals surface area contributed by atoms with Crippen molar-refractivity contribution in [1.82, 2.24) is 10.3 Å². The molecule has 0 radical (unpaired) electrons. The predicted molar refractivity (Wildman–Crippen MR) is 76.3 cm³/mol. The number of H-pyrrole nitrogens is 1. The minimum absolute atomic E-state index is 0.0203. The Morgan fingerprint density at radius 2 is 2.15 bits per heavy atom. The zero-order valence-electron chi connectivity index (χ0n) is 11.3. The molecular formula is C13H16N2O4S.